The van der Waals surface area contributed by atoms with Gasteiger partial charge in [0.25, 0.3) is 18.2 Å². The number of ketones is 1. The van der Waals surface area contributed by atoms with Crippen molar-refractivity contribution in [1.29, 1.82) is 0 Å². The summed E-state index contributed by atoms with van der Waals surface area (Å²) in [7, 11) is 0. The Morgan fingerprint density at radius 2 is 1.94 bits per heavy atom. The number of likely N-dealkylation sites (tertiary alicyclic amines) is 1. The number of phenolic OH excluding ortho intramolecular Hbond substituents is 2. The van der Waals surface area contributed by atoms with Gasteiger partial charge in [-0.05, 0) is 6.07 Å². The zero-order valence-electron chi connectivity index (χ0n) is 27.4. The van der Waals surface area contributed by atoms with E-state index in [2.05, 4.69) is 15.5 Å². The van der Waals surface area contributed by atoms with E-state index in [1.165, 1.54) is 35.9 Å². The van der Waals surface area contributed by atoms with Gasteiger partial charge in [-0.1, -0.05) is 28.4 Å². The van der Waals surface area contributed by atoms with E-state index in [-0.39, 0.29) is 57.3 Å². The summed E-state index contributed by atoms with van der Waals surface area (Å²) < 4.78 is 5.30. The number of quaternary nitrogens is 1. The summed E-state index contributed by atoms with van der Waals surface area (Å²) >= 11 is 14.4. The largest absolute Gasteiger partial charge is 0.503 e. The van der Waals surface area contributed by atoms with Gasteiger partial charge in [0, 0.05) is 49.8 Å². The van der Waals surface area contributed by atoms with Crippen LogP contribution in [0.4, 0.5) is 5.13 Å². The number of nitrogen functional groups attached to an aromatic ring is 1. The number of hydrogen-bond donors (Lipinski definition) is 5. The second kappa shape index (κ2) is 15.2. The molecule has 0 radical (unpaired) electrons. The third kappa shape index (κ3) is 8.04. The SMILES string of the molecule is CC(C)(OC=O)O/N=C(\C(=O)C[C@@H]1C(=O)N2C(C(=O)O)=C(C[N+]3(CCNC(=O)c4cc(Cl)c(O)c(O)c4Cl)CCCC3)CS[C@H]12)c1csc(N)n1. The number of β-lactam (4-membered cyclic amide) rings is 1. The van der Waals surface area contributed by atoms with Crippen LogP contribution in [0.3, 0.4) is 0 Å². The van der Waals surface area contributed by atoms with Gasteiger partial charge in [-0.2, -0.15) is 0 Å². The Kier molecular flexibility index (Phi) is 11.4. The maximum Gasteiger partial charge on any atom is 0.352 e. The highest BCUT2D eigenvalue weighted by Crippen LogP contribution is 2.46. The number of halogens is 2. The molecule has 2 saturated heterocycles. The molecule has 0 aliphatic carbocycles. The fourth-order valence-corrected chi connectivity index (χ4v) is 8.69. The lowest BCUT2D eigenvalue weighted by Crippen LogP contribution is -2.63. The number of thioether (sulfide) groups is 1. The smallest absolute Gasteiger partial charge is 0.352 e. The van der Waals surface area contributed by atoms with Crippen LogP contribution in [0.5, 0.6) is 11.5 Å². The molecule has 3 aliphatic heterocycles. The quantitative estimate of drug-likeness (QED) is 0.0333. The van der Waals surface area contributed by atoms with Crippen molar-refractivity contribution in [2.75, 3.05) is 44.2 Å². The van der Waals surface area contributed by atoms with Gasteiger partial charge in [0.2, 0.25) is 5.91 Å². The molecule has 1 aromatic carbocycles. The van der Waals surface area contributed by atoms with Crippen LogP contribution in [-0.2, 0) is 28.8 Å². The normalized spacial score (nSPS) is 20.0. The number of carbonyl (C=O) groups is 5. The minimum absolute atomic E-state index is 0.112. The topological polar surface area (TPSA) is 231 Å². The number of carboxylic acids is 1. The van der Waals surface area contributed by atoms with E-state index in [1.54, 1.807) is 0 Å². The van der Waals surface area contributed by atoms with Crippen molar-refractivity contribution in [3.8, 4) is 11.5 Å². The van der Waals surface area contributed by atoms with Crippen LogP contribution in [0.25, 0.3) is 0 Å². The summed E-state index contributed by atoms with van der Waals surface area (Å²) in [5.74, 6) is -6.38. The first kappa shape index (κ1) is 38.1. The van der Waals surface area contributed by atoms with Gasteiger partial charge in [0.15, 0.2) is 28.1 Å². The third-order valence-electron chi connectivity index (χ3n) is 8.81. The number of hydrogen-bond acceptors (Lipinski definition) is 14. The number of nitrogens with zero attached hydrogens (tertiary/aromatic N) is 4. The number of amides is 2. The number of benzene rings is 1. The van der Waals surface area contributed by atoms with Crippen LogP contribution in [0.15, 0.2) is 27.9 Å². The van der Waals surface area contributed by atoms with Gasteiger partial charge in [-0.3, -0.25) is 24.1 Å². The maximum absolute atomic E-state index is 13.5. The molecule has 2 fully saturated rings. The van der Waals surface area contributed by atoms with Crippen molar-refractivity contribution in [1.82, 2.24) is 15.2 Å². The van der Waals surface area contributed by atoms with Crippen molar-refractivity contribution in [3.05, 3.63) is 44.0 Å². The highest BCUT2D eigenvalue weighted by atomic mass is 35.5. The van der Waals surface area contributed by atoms with Crippen LogP contribution >= 0.6 is 46.3 Å². The Morgan fingerprint density at radius 1 is 1.24 bits per heavy atom. The predicted molar refractivity (Wildman–Crippen MR) is 187 cm³/mol. The number of nitrogens with one attached hydrogen (secondary N) is 1. The minimum atomic E-state index is -1.51. The van der Waals surface area contributed by atoms with Crippen LogP contribution in [0.1, 0.15) is 49.2 Å². The number of carboxylic acid groups (broad SMARTS) is 1. The van der Waals surface area contributed by atoms with Gasteiger partial charge in [0.05, 0.1) is 53.1 Å². The van der Waals surface area contributed by atoms with E-state index < -0.39 is 52.1 Å². The maximum atomic E-state index is 13.5. The predicted octanol–water partition coefficient (Wildman–Crippen LogP) is 2.94. The van der Waals surface area contributed by atoms with Crippen LogP contribution in [0, 0.1) is 5.92 Å². The number of aromatic hydroxyl groups is 2. The van der Waals surface area contributed by atoms with E-state index >= 15 is 0 Å². The van der Waals surface area contributed by atoms with Gasteiger partial charge in [-0.15, -0.1) is 23.1 Å². The molecule has 0 saturated carbocycles. The monoisotopic (exact) mass is 785 g/mol. The van der Waals surface area contributed by atoms with E-state index in [9.17, 15) is 39.3 Å². The summed E-state index contributed by atoms with van der Waals surface area (Å²) in [6.45, 7) is 5.39. The number of oxime groups is 1. The van der Waals surface area contributed by atoms with Crippen molar-refractivity contribution < 1.29 is 53.3 Å². The summed E-state index contributed by atoms with van der Waals surface area (Å²) in [5.41, 5.74) is 5.99. The second-order valence-electron chi connectivity index (χ2n) is 12.7. The number of aromatic nitrogens is 1. The fourth-order valence-electron chi connectivity index (χ4n) is 6.31. The molecular formula is C31H35Cl2N6O10S2+. The Labute approximate surface area is 309 Å². The van der Waals surface area contributed by atoms with Gasteiger partial charge in [0.1, 0.15) is 17.9 Å². The van der Waals surface area contributed by atoms with Crippen LogP contribution in [-0.4, -0.2) is 115 Å². The summed E-state index contributed by atoms with van der Waals surface area (Å²) in [4.78, 5) is 74.1. The Morgan fingerprint density at radius 3 is 2.57 bits per heavy atom. The molecule has 51 heavy (non-hydrogen) atoms. The second-order valence-corrected chi connectivity index (χ2v) is 15.4. The standard InChI is InChI=1S/C31H34Cl2N6O10S2/c1-31(2,48-14-40)49-37-22(19-13-51-30(34)36-19)20(41)10-17-27(45)38-23(29(46)47)15(12-50-28(17)38)11-39(6-3-4-7-39)8-5-35-26(44)16-9-18(32)24(42)25(43)21(16)33/h9,13-14,17,28H,3-8,10-12H2,1-2H3,(H5-,34,35,36,37,41,42,43,44,46,47)/p+1/t17-,28-/m1/s1. The molecule has 4 heterocycles. The number of anilines is 1. The number of phenols is 2. The lowest BCUT2D eigenvalue weighted by Gasteiger charge is -2.50. The average Bonchev–Trinajstić information content (AvgIpc) is 3.72. The lowest BCUT2D eigenvalue weighted by molar-refractivity contribution is -0.911. The molecule has 20 heteroatoms. The number of aliphatic carboxylic acids is 1. The summed E-state index contributed by atoms with van der Waals surface area (Å²) in [6.07, 6.45) is 1.46. The zero-order valence-corrected chi connectivity index (χ0v) is 30.5. The van der Waals surface area contributed by atoms with Crippen LogP contribution in [0.2, 0.25) is 10.0 Å². The molecule has 2 atom stereocenters. The molecule has 0 unspecified atom stereocenters. The average molecular weight is 787 g/mol. The lowest BCUT2D eigenvalue weighted by atomic mass is 9.89. The van der Waals surface area contributed by atoms with E-state index in [0.717, 1.165) is 43.3 Å². The molecule has 0 bridgehead atoms. The van der Waals surface area contributed by atoms with Gasteiger partial charge < -0.3 is 40.4 Å². The molecule has 2 amide bonds. The first-order valence-electron chi connectivity index (χ1n) is 15.6. The molecule has 6 N–H and O–H groups in total. The molecule has 0 spiro atoms. The molecule has 274 valence electrons. The number of rotatable bonds is 15. The number of nitrogens with two attached hydrogens (primary N) is 1. The number of carbonyl (C=O) groups excluding carboxylic acids is 4. The molecule has 16 nitrogen and oxygen atoms in total. The first-order chi connectivity index (χ1) is 24.1. The summed E-state index contributed by atoms with van der Waals surface area (Å²) in [6, 6.07) is 1.15. The Balaban J connectivity index is 1.29. The molecule has 3 aliphatic rings. The van der Waals surface area contributed by atoms with E-state index in [4.69, 9.17) is 38.5 Å². The third-order valence-corrected chi connectivity index (χ3v) is 11.5. The van der Waals surface area contributed by atoms with Crippen LogP contribution < -0.4 is 11.1 Å². The van der Waals surface area contributed by atoms with Crippen molar-refractivity contribution in [2.45, 2.75) is 44.3 Å². The van der Waals surface area contributed by atoms with Crippen molar-refractivity contribution >= 4 is 87.2 Å². The Hall–Kier alpha value is -4.10. The molecule has 2 aromatic rings. The number of thiazole rings is 1. The van der Waals surface area contributed by atoms with Gasteiger partial charge >= 0.3 is 5.97 Å². The number of fused-ring (bicyclic) bond motifs is 1. The van der Waals surface area contributed by atoms with E-state index in [0.29, 0.717) is 28.9 Å². The number of ether oxygens (including phenoxy) is 1. The van der Waals surface area contributed by atoms with Crippen molar-refractivity contribution in [2.24, 2.45) is 11.1 Å². The fraction of sp³-hybridized carbons (Fsp3) is 0.452. The first-order valence-corrected chi connectivity index (χ1v) is 18.3. The molecule has 5 rings (SSSR count). The highest BCUT2D eigenvalue weighted by molar-refractivity contribution is 8.00. The van der Waals surface area contributed by atoms with Crippen molar-refractivity contribution in [3.63, 3.8) is 0 Å². The Bertz CT molecular complexity index is 1830. The molecular weight excluding hydrogens is 751 g/mol. The number of Topliss-reactive ketones (excluding diaryl/α,β-unsaturated/α-hetero) is 1. The van der Waals surface area contributed by atoms with Gasteiger partial charge in [-0.25, -0.2) is 9.78 Å². The molecule has 1 aromatic heterocycles. The zero-order chi connectivity index (χ0) is 37.2. The van der Waals surface area contributed by atoms with E-state index in [1.807, 2.05) is 0 Å². The highest BCUT2D eigenvalue weighted by Gasteiger charge is 2.55. The minimum Gasteiger partial charge on any atom is -0.503 e. The summed E-state index contributed by atoms with van der Waals surface area (Å²) in [5, 5.41) is 37.2.